The van der Waals surface area contributed by atoms with Crippen LogP contribution in [-0.2, 0) is 0 Å². The molecule has 2 nitrogen and oxygen atoms in total. The fourth-order valence-corrected chi connectivity index (χ4v) is 1.12. The Hall–Kier alpha value is -0.890. The molecule has 0 unspecified atom stereocenters. The molecular formula is C12H22N2. The van der Waals surface area contributed by atoms with E-state index in [0.717, 1.165) is 0 Å². The summed E-state index contributed by atoms with van der Waals surface area (Å²) in [6.45, 7) is 12.1. The smallest absolute Gasteiger partial charge is 0.0297 e. The molecule has 0 radical (unpaired) electrons. The highest BCUT2D eigenvalue weighted by Crippen LogP contribution is 1.88. The second-order valence-corrected chi connectivity index (χ2v) is 3.15. The molecule has 0 bridgehead atoms. The molecule has 0 aliphatic heterocycles. The van der Waals surface area contributed by atoms with Crippen molar-refractivity contribution in [1.29, 1.82) is 0 Å². The van der Waals surface area contributed by atoms with Gasteiger partial charge in [-0.05, 0) is 38.2 Å². The van der Waals surface area contributed by atoms with Gasteiger partial charge in [-0.2, -0.15) is 0 Å². The lowest BCUT2D eigenvalue weighted by Gasteiger charge is -2.13. The molecule has 0 saturated carbocycles. The average molecular weight is 194 g/mol. The molecule has 0 N–H and O–H groups in total. The molecular weight excluding hydrogens is 172 g/mol. The molecule has 0 fully saturated rings. The maximum Gasteiger partial charge on any atom is 0.0297 e. The maximum atomic E-state index is 3.88. The Morgan fingerprint density at radius 2 is 1.71 bits per heavy atom. The number of rotatable bonds is 3. The minimum Gasteiger partial charge on any atom is -0.304 e. The molecule has 0 atom stereocenters. The first-order valence-corrected chi connectivity index (χ1v) is 5.33. The van der Waals surface area contributed by atoms with Gasteiger partial charge in [-0.25, -0.2) is 0 Å². The minimum atomic E-state index is 1.19. The summed E-state index contributed by atoms with van der Waals surface area (Å²) in [6, 6.07) is 3.95. The van der Waals surface area contributed by atoms with Crippen LogP contribution in [-0.4, -0.2) is 29.5 Å². The summed E-state index contributed by atoms with van der Waals surface area (Å²) in [5.41, 5.74) is 1.21. The van der Waals surface area contributed by atoms with Crippen molar-refractivity contribution in [1.82, 2.24) is 9.88 Å². The zero-order chi connectivity index (χ0) is 10.8. The van der Waals surface area contributed by atoms with Crippen LogP contribution in [0.5, 0.6) is 0 Å². The van der Waals surface area contributed by atoms with Gasteiger partial charge in [0.25, 0.3) is 0 Å². The second-order valence-electron chi connectivity index (χ2n) is 3.15. The van der Waals surface area contributed by atoms with Crippen LogP contribution in [0.25, 0.3) is 0 Å². The Kier molecular flexibility index (Phi) is 8.14. The van der Waals surface area contributed by atoms with Crippen molar-refractivity contribution in [2.75, 3.05) is 19.6 Å². The molecule has 80 valence electrons. The van der Waals surface area contributed by atoms with Crippen LogP contribution < -0.4 is 0 Å². The number of pyridine rings is 1. The first kappa shape index (κ1) is 13.1. The minimum absolute atomic E-state index is 1.19. The third kappa shape index (κ3) is 6.61. The second kappa shape index (κ2) is 8.70. The third-order valence-corrected chi connectivity index (χ3v) is 2.15. The number of hydrogen-bond acceptors (Lipinski definition) is 2. The summed E-state index contributed by atoms with van der Waals surface area (Å²) in [7, 11) is 0. The molecule has 1 rings (SSSR count). The van der Waals surface area contributed by atoms with Gasteiger partial charge in [-0.3, -0.25) is 4.98 Å². The summed E-state index contributed by atoms with van der Waals surface area (Å²) >= 11 is 0. The Morgan fingerprint density at radius 3 is 1.86 bits per heavy atom. The van der Waals surface area contributed by atoms with E-state index in [9.17, 15) is 0 Å². The van der Waals surface area contributed by atoms with E-state index >= 15 is 0 Å². The highest BCUT2D eigenvalue weighted by Gasteiger charge is 1.89. The number of hydrogen-bond donors (Lipinski definition) is 0. The fourth-order valence-electron chi connectivity index (χ4n) is 1.12. The van der Waals surface area contributed by atoms with Crippen LogP contribution in [0, 0.1) is 6.92 Å². The van der Waals surface area contributed by atoms with Crippen LogP contribution >= 0.6 is 0 Å². The predicted octanol–water partition coefficient (Wildman–Crippen LogP) is 2.74. The Bertz CT molecular complexity index is 199. The van der Waals surface area contributed by atoms with Crippen molar-refractivity contribution >= 4 is 0 Å². The van der Waals surface area contributed by atoms with Gasteiger partial charge < -0.3 is 4.90 Å². The topological polar surface area (TPSA) is 16.1 Å². The SMILES string of the molecule is CCN(CC)CC.Cc1cccnc1. The lowest BCUT2D eigenvalue weighted by Crippen LogP contribution is -2.21. The van der Waals surface area contributed by atoms with Crippen LogP contribution in [0.2, 0.25) is 0 Å². The summed E-state index contributed by atoms with van der Waals surface area (Å²) in [6.07, 6.45) is 3.60. The number of aryl methyl sites for hydroxylation is 1. The number of nitrogens with zero attached hydrogens (tertiary/aromatic N) is 2. The van der Waals surface area contributed by atoms with Gasteiger partial charge in [-0.1, -0.05) is 26.8 Å². The summed E-state index contributed by atoms with van der Waals surface area (Å²) < 4.78 is 0. The Balaban J connectivity index is 0.000000241. The van der Waals surface area contributed by atoms with Crippen LogP contribution in [0.1, 0.15) is 26.3 Å². The largest absolute Gasteiger partial charge is 0.304 e. The molecule has 1 aromatic heterocycles. The molecule has 0 saturated heterocycles. The standard InChI is InChI=1S/C6H7N.C6H15N/c1-6-3-2-4-7-5-6;1-4-7(5-2)6-3/h2-5H,1H3;4-6H2,1-3H3. The summed E-state index contributed by atoms with van der Waals surface area (Å²) in [5.74, 6) is 0. The Labute approximate surface area is 88.0 Å². The van der Waals surface area contributed by atoms with E-state index in [2.05, 4.69) is 30.7 Å². The van der Waals surface area contributed by atoms with Crippen LogP contribution in [0.4, 0.5) is 0 Å². The van der Waals surface area contributed by atoms with Crippen LogP contribution in [0.15, 0.2) is 24.5 Å². The van der Waals surface area contributed by atoms with Gasteiger partial charge in [0.05, 0.1) is 0 Å². The molecule has 0 aliphatic carbocycles. The monoisotopic (exact) mass is 194 g/mol. The van der Waals surface area contributed by atoms with E-state index in [1.54, 1.807) is 6.20 Å². The fraction of sp³-hybridized carbons (Fsp3) is 0.583. The maximum absolute atomic E-state index is 3.88. The zero-order valence-electron chi connectivity index (χ0n) is 9.83. The van der Waals surface area contributed by atoms with Crippen molar-refractivity contribution < 1.29 is 0 Å². The first-order chi connectivity index (χ1) is 6.74. The molecule has 0 aliphatic rings. The number of aromatic nitrogens is 1. The third-order valence-electron chi connectivity index (χ3n) is 2.15. The van der Waals surface area contributed by atoms with E-state index < -0.39 is 0 Å². The Morgan fingerprint density at radius 1 is 1.14 bits per heavy atom. The quantitative estimate of drug-likeness (QED) is 0.735. The molecule has 1 aromatic rings. The van der Waals surface area contributed by atoms with Crippen molar-refractivity contribution in [3.8, 4) is 0 Å². The van der Waals surface area contributed by atoms with Gasteiger partial charge in [0.1, 0.15) is 0 Å². The van der Waals surface area contributed by atoms with Crippen LogP contribution in [0.3, 0.4) is 0 Å². The molecule has 1 heterocycles. The lowest BCUT2D eigenvalue weighted by molar-refractivity contribution is 0.321. The molecule has 14 heavy (non-hydrogen) atoms. The molecule has 0 amide bonds. The summed E-state index contributed by atoms with van der Waals surface area (Å²) in [5, 5.41) is 0. The molecule has 2 heteroatoms. The van der Waals surface area contributed by atoms with Gasteiger partial charge in [0, 0.05) is 12.4 Å². The van der Waals surface area contributed by atoms with Gasteiger partial charge in [-0.15, -0.1) is 0 Å². The van der Waals surface area contributed by atoms with Crippen molar-refractivity contribution in [2.24, 2.45) is 0 Å². The van der Waals surface area contributed by atoms with E-state index in [-0.39, 0.29) is 0 Å². The predicted molar refractivity (Wildman–Crippen MR) is 62.4 cm³/mol. The normalized spacial score (nSPS) is 9.50. The van der Waals surface area contributed by atoms with Gasteiger partial charge in [0.2, 0.25) is 0 Å². The highest BCUT2D eigenvalue weighted by atomic mass is 15.1. The molecule has 0 aromatic carbocycles. The van der Waals surface area contributed by atoms with E-state index in [1.165, 1.54) is 25.2 Å². The van der Waals surface area contributed by atoms with Gasteiger partial charge >= 0.3 is 0 Å². The van der Waals surface area contributed by atoms with Gasteiger partial charge in [0.15, 0.2) is 0 Å². The van der Waals surface area contributed by atoms with E-state index in [1.807, 2.05) is 25.3 Å². The highest BCUT2D eigenvalue weighted by molar-refractivity contribution is 5.04. The van der Waals surface area contributed by atoms with Crippen molar-refractivity contribution in [3.63, 3.8) is 0 Å². The zero-order valence-corrected chi connectivity index (χ0v) is 9.83. The first-order valence-electron chi connectivity index (χ1n) is 5.33. The van der Waals surface area contributed by atoms with Crippen molar-refractivity contribution in [3.05, 3.63) is 30.1 Å². The lowest BCUT2D eigenvalue weighted by atomic mass is 10.3. The van der Waals surface area contributed by atoms with E-state index in [4.69, 9.17) is 0 Å². The summed E-state index contributed by atoms with van der Waals surface area (Å²) in [4.78, 5) is 6.26. The van der Waals surface area contributed by atoms with Crippen molar-refractivity contribution in [2.45, 2.75) is 27.7 Å². The molecule has 0 spiro atoms. The van der Waals surface area contributed by atoms with E-state index in [0.29, 0.717) is 0 Å². The average Bonchev–Trinajstić information content (AvgIpc) is 2.22.